The molecule has 0 aliphatic heterocycles. The molecule has 3 aromatic rings. The van der Waals surface area contributed by atoms with Gasteiger partial charge in [0, 0.05) is 21.8 Å². The van der Waals surface area contributed by atoms with Crippen molar-refractivity contribution in [1.82, 2.24) is 3.97 Å². The highest BCUT2D eigenvalue weighted by Gasteiger charge is 2.33. The molecule has 1 unspecified atom stereocenters. The number of aromatic nitrogens is 1. The number of halogens is 3. The van der Waals surface area contributed by atoms with Crippen LogP contribution < -0.4 is 0 Å². The first-order valence-electron chi connectivity index (χ1n) is 9.03. The molecule has 0 radical (unpaired) electrons. The highest BCUT2D eigenvalue weighted by atomic mass is 35.5. The van der Waals surface area contributed by atoms with E-state index in [2.05, 4.69) is 6.92 Å². The lowest BCUT2D eigenvalue weighted by atomic mass is 10.0. The summed E-state index contributed by atoms with van der Waals surface area (Å²) in [6.45, 7) is 2.07. The molecular formula is C21H18Cl2FNO2S. The van der Waals surface area contributed by atoms with Crippen LogP contribution in [-0.4, -0.2) is 12.4 Å². The van der Waals surface area contributed by atoms with E-state index in [-0.39, 0.29) is 26.4 Å². The Hall–Kier alpha value is -1.82. The van der Waals surface area contributed by atoms with E-state index in [0.29, 0.717) is 5.69 Å². The summed E-state index contributed by atoms with van der Waals surface area (Å²) in [4.78, 5) is -0.0238. The zero-order chi connectivity index (χ0) is 20.1. The maximum absolute atomic E-state index is 14.6. The third-order valence-electron chi connectivity index (χ3n) is 5.31. The van der Waals surface area contributed by atoms with Crippen molar-refractivity contribution in [2.45, 2.75) is 37.0 Å². The zero-order valence-electron chi connectivity index (χ0n) is 15.1. The molecule has 146 valence electrons. The predicted molar refractivity (Wildman–Crippen MR) is 110 cm³/mol. The van der Waals surface area contributed by atoms with Gasteiger partial charge < -0.3 is 0 Å². The van der Waals surface area contributed by atoms with Crippen LogP contribution in [0.4, 0.5) is 4.39 Å². The Balaban J connectivity index is 2.01. The molecule has 3 nitrogen and oxygen atoms in total. The van der Waals surface area contributed by atoms with Crippen LogP contribution in [0.15, 0.2) is 53.6 Å². The number of hydrogen-bond donors (Lipinski definition) is 0. The minimum absolute atomic E-state index is 0.0238. The van der Waals surface area contributed by atoms with Crippen LogP contribution in [0, 0.1) is 5.82 Å². The van der Waals surface area contributed by atoms with Gasteiger partial charge in [0.15, 0.2) is 0 Å². The van der Waals surface area contributed by atoms with Crippen LogP contribution in [0.25, 0.3) is 11.3 Å². The van der Waals surface area contributed by atoms with E-state index >= 15 is 0 Å². The molecule has 0 saturated carbocycles. The van der Waals surface area contributed by atoms with Crippen LogP contribution in [0.3, 0.4) is 0 Å². The summed E-state index contributed by atoms with van der Waals surface area (Å²) in [7, 11) is -4.01. The molecule has 0 fully saturated rings. The van der Waals surface area contributed by atoms with Gasteiger partial charge in [-0.05, 0) is 66.6 Å². The van der Waals surface area contributed by atoms with Crippen molar-refractivity contribution in [1.29, 1.82) is 0 Å². The summed E-state index contributed by atoms with van der Waals surface area (Å²) in [6.07, 6.45) is 4.20. The quantitative estimate of drug-likeness (QED) is 0.481. The van der Waals surface area contributed by atoms with Crippen molar-refractivity contribution in [2.75, 3.05) is 0 Å². The molecule has 2 aromatic carbocycles. The Morgan fingerprint density at radius 1 is 1.14 bits per heavy atom. The van der Waals surface area contributed by atoms with E-state index in [1.54, 1.807) is 24.4 Å². The lowest BCUT2D eigenvalue weighted by Gasteiger charge is -2.14. The molecule has 28 heavy (non-hydrogen) atoms. The molecule has 1 atom stereocenters. The molecule has 4 rings (SSSR count). The second kappa shape index (κ2) is 7.21. The Labute approximate surface area is 173 Å². The number of nitrogens with zero attached hydrogens (tertiary/aromatic N) is 1. The van der Waals surface area contributed by atoms with Gasteiger partial charge in [-0.2, -0.15) is 0 Å². The summed E-state index contributed by atoms with van der Waals surface area (Å²) < 4.78 is 42.8. The van der Waals surface area contributed by atoms with Crippen LogP contribution in [0.5, 0.6) is 0 Å². The van der Waals surface area contributed by atoms with Gasteiger partial charge >= 0.3 is 0 Å². The average Bonchev–Trinajstić information content (AvgIpc) is 3.20. The summed E-state index contributed by atoms with van der Waals surface area (Å²) in [5.74, 6) is -0.191. The monoisotopic (exact) mass is 437 g/mol. The topological polar surface area (TPSA) is 39.1 Å². The van der Waals surface area contributed by atoms with Crippen molar-refractivity contribution >= 4 is 33.2 Å². The van der Waals surface area contributed by atoms with E-state index in [1.807, 2.05) is 0 Å². The Kier molecular flexibility index (Phi) is 5.02. The lowest BCUT2D eigenvalue weighted by Crippen LogP contribution is -2.14. The van der Waals surface area contributed by atoms with Gasteiger partial charge in [-0.1, -0.05) is 42.3 Å². The Morgan fingerprint density at radius 3 is 2.46 bits per heavy atom. The van der Waals surface area contributed by atoms with Crippen molar-refractivity contribution in [3.63, 3.8) is 0 Å². The molecule has 1 aromatic heterocycles. The molecule has 0 spiro atoms. The first-order chi connectivity index (χ1) is 13.3. The van der Waals surface area contributed by atoms with E-state index < -0.39 is 15.8 Å². The Bertz CT molecular complexity index is 1150. The number of hydrogen-bond acceptors (Lipinski definition) is 2. The number of benzene rings is 2. The number of fused-ring (bicyclic) bond motifs is 1. The van der Waals surface area contributed by atoms with E-state index in [9.17, 15) is 12.8 Å². The first kappa shape index (κ1) is 19.5. The summed E-state index contributed by atoms with van der Waals surface area (Å²) in [6, 6.07) is 10.4. The fourth-order valence-electron chi connectivity index (χ4n) is 3.97. The molecule has 1 aliphatic rings. The van der Waals surface area contributed by atoms with Crippen LogP contribution in [0.1, 0.15) is 36.8 Å². The highest BCUT2D eigenvalue weighted by molar-refractivity contribution is 7.90. The molecule has 0 bridgehead atoms. The van der Waals surface area contributed by atoms with E-state index in [4.69, 9.17) is 23.2 Å². The number of rotatable bonds is 4. The minimum atomic E-state index is -4.01. The van der Waals surface area contributed by atoms with E-state index in [1.165, 1.54) is 28.2 Å². The van der Waals surface area contributed by atoms with Gasteiger partial charge in [-0.25, -0.2) is 16.8 Å². The van der Waals surface area contributed by atoms with Gasteiger partial charge in [-0.3, -0.25) is 0 Å². The predicted octanol–water partition coefficient (Wildman–Crippen LogP) is 6.28. The van der Waals surface area contributed by atoms with Crippen molar-refractivity contribution in [3.05, 3.63) is 75.7 Å². The smallest absolute Gasteiger partial charge is 0.240 e. The maximum Gasteiger partial charge on any atom is 0.268 e. The average molecular weight is 438 g/mol. The normalized spacial score (nSPS) is 16.4. The van der Waals surface area contributed by atoms with Gasteiger partial charge in [0.1, 0.15) is 5.82 Å². The first-order valence-corrected chi connectivity index (χ1v) is 11.2. The van der Waals surface area contributed by atoms with Crippen molar-refractivity contribution in [2.24, 2.45) is 0 Å². The minimum Gasteiger partial charge on any atom is -0.240 e. The zero-order valence-corrected chi connectivity index (χ0v) is 17.5. The molecule has 1 heterocycles. The maximum atomic E-state index is 14.6. The summed E-state index contributed by atoms with van der Waals surface area (Å²) in [5.41, 5.74) is 2.53. The lowest BCUT2D eigenvalue weighted by molar-refractivity contribution is 0.586. The third kappa shape index (κ3) is 3.15. The largest absolute Gasteiger partial charge is 0.268 e. The van der Waals surface area contributed by atoms with E-state index in [0.717, 1.165) is 30.4 Å². The fourth-order valence-corrected chi connectivity index (χ4v) is 6.10. The van der Waals surface area contributed by atoms with Crippen LogP contribution in [0.2, 0.25) is 10.0 Å². The van der Waals surface area contributed by atoms with Gasteiger partial charge in [-0.15, -0.1) is 0 Å². The van der Waals surface area contributed by atoms with Gasteiger partial charge in [0.2, 0.25) is 0 Å². The van der Waals surface area contributed by atoms with Gasteiger partial charge in [0.25, 0.3) is 10.0 Å². The summed E-state index contributed by atoms with van der Waals surface area (Å²) in [5, 5.41) is 0.453. The molecule has 0 saturated heterocycles. The van der Waals surface area contributed by atoms with Crippen molar-refractivity contribution in [3.8, 4) is 11.3 Å². The van der Waals surface area contributed by atoms with Crippen LogP contribution in [-0.2, 0) is 16.4 Å². The van der Waals surface area contributed by atoms with Gasteiger partial charge in [0.05, 0.1) is 10.6 Å². The second-order valence-corrected chi connectivity index (χ2v) is 9.63. The highest BCUT2D eigenvalue weighted by Crippen LogP contribution is 2.44. The molecule has 0 N–H and O–H groups in total. The fraction of sp³-hybridized carbons (Fsp3) is 0.238. The van der Waals surface area contributed by atoms with Crippen LogP contribution >= 0.6 is 23.2 Å². The molecular weight excluding hydrogens is 420 g/mol. The molecule has 0 amide bonds. The molecule has 7 heteroatoms. The molecule has 1 aliphatic carbocycles. The SMILES string of the molecule is CCC1CCc2c1cn(S(=O)(=O)c1cc(Cl)cc(Cl)c1)c2-c1ccccc1F. The standard InChI is InChI=1S/C21H18Cl2FNO2S/c1-2-13-7-8-17-19(13)12-25(21(17)18-5-3-4-6-20(18)24)28(26,27)16-10-14(22)9-15(23)11-16/h3-6,9-13H,2,7-8H2,1H3. The van der Waals surface area contributed by atoms with Crippen molar-refractivity contribution < 1.29 is 12.8 Å². The summed E-state index contributed by atoms with van der Waals surface area (Å²) >= 11 is 12.1. The second-order valence-electron chi connectivity index (χ2n) is 6.94. The third-order valence-corrected chi connectivity index (χ3v) is 7.38. The Morgan fingerprint density at radius 2 is 1.82 bits per heavy atom.